The van der Waals surface area contributed by atoms with Crippen molar-refractivity contribution in [1.82, 2.24) is 10.2 Å². The monoisotopic (exact) mass is 414 g/mol. The number of carbonyl (C=O) groups is 2. The summed E-state index contributed by atoms with van der Waals surface area (Å²) >= 11 is 0. The fourth-order valence-corrected chi connectivity index (χ4v) is 4.38. The molecule has 30 heavy (non-hydrogen) atoms. The number of benzene rings is 2. The molecule has 0 spiro atoms. The van der Waals surface area contributed by atoms with E-state index < -0.39 is 12.5 Å². The predicted octanol–water partition coefficient (Wildman–Crippen LogP) is 3.94. The number of para-hydroxylation sites is 1. The molecule has 2 aromatic carbocycles. The Morgan fingerprint density at radius 3 is 2.67 bits per heavy atom. The molecular weight excluding hydrogens is 390 g/mol. The maximum atomic E-state index is 12.9. The van der Waals surface area contributed by atoms with Crippen LogP contribution in [0.5, 0.6) is 5.75 Å². The Bertz CT molecular complexity index is 934. The molecule has 1 fully saturated rings. The van der Waals surface area contributed by atoms with Crippen LogP contribution in [0.1, 0.15) is 46.8 Å². The maximum absolute atomic E-state index is 12.9. The number of fused-ring (bicyclic) bond motifs is 1. The maximum Gasteiger partial charge on any atom is 0.387 e. The highest BCUT2D eigenvalue weighted by Gasteiger charge is 2.32. The first-order valence-corrected chi connectivity index (χ1v) is 10.2. The van der Waals surface area contributed by atoms with E-state index in [1.54, 1.807) is 17.0 Å². The van der Waals surface area contributed by atoms with Crippen LogP contribution >= 0.6 is 0 Å². The zero-order valence-electron chi connectivity index (χ0n) is 16.5. The number of hydrogen-bond acceptors (Lipinski definition) is 3. The van der Waals surface area contributed by atoms with Crippen LogP contribution in [0, 0.1) is 5.92 Å². The van der Waals surface area contributed by atoms with E-state index in [0.717, 1.165) is 18.4 Å². The van der Waals surface area contributed by atoms with Crippen LogP contribution < -0.4 is 10.1 Å². The van der Waals surface area contributed by atoms with Gasteiger partial charge in [0.15, 0.2) is 0 Å². The quantitative estimate of drug-likeness (QED) is 0.806. The molecule has 2 amide bonds. The number of likely N-dealkylation sites (tertiary alicyclic amines) is 1. The van der Waals surface area contributed by atoms with Crippen LogP contribution in [0.3, 0.4) is 0 Å². The third kappa shape index (κ3) is 4.30. The van der Waals surface area contributed by atoms with Gasteiger partial charge in [-0.05, 0) is 48.9 Å². The first-order valence-electron chi connectivity index (χ1n) is 10.2. The molecule has 2 aliphatic rings. The molecule has 7 heteroatoms. The summed E-state index contributed by atoms with van der Waals surface area (Å²) in [6.07, 6.45) is 3.19. The number of piperidine rings is 1. The van der Waals surface area contributed by atoms with Crippen LogP contribution in [-0.4, -0.2) is 36.4 Å². The average molecular weight is 414 g/mol. The van der Waals surface area contributed by atoms with Crippen LogP contribution in [0.4, 0.5) is 8.78 Å². The van der Waals surface area contributed by atoms with E-state index in [2.05, 4.69) is 16.1 Å². The van der Waals surface area contributed by atoms with E-state index in [1.807, 2.05) is 18.2 Å². The standard InChI is InChI=1S/C23H24F2N2O3/c24-23(25)30-20-10-4-3-9-18(20)22(29)27-13-5-7-16(14-27)21(28)26-19-12-11-15-6-1-2-8-17(15)19/h1-4,6,8-10,16,19,23H,5,7,11-14H2,(H,26,28). The van der Waals surface area contributed by atoms with Crippen molar-refractivity contribution in [3.63, 3.8) is 0 Å². The Labute approximate surface area is 174 Å². The lowest BCUT2D eigenvalue weighted by Crippen LogP contribution is -2.46. The summed E-state index contributed by atoms with van der Waals surface area (Å²) in [5.41, 5.74) is 2.51. The highest BCUT2D eigenvalue weighted by molar-refractivity contribution is 5.97. The topological polar surface area (TPSA) is 58.6 Å². The normalized spacial score (nSPS) is 20.7. The molecule has 0 radical (unpaired) electrons. The average Bonchev–Trinajstić information content (AvgIpc) is 3.16. The number of rotatable bonds is 5. The molecule has 1 heterocycles. The van der Waals surface area contributed by atoms with E-state index in [9.17, 15) is 18.4 Å². The molecule has 1 aliphatic heterocycles. The highest BCUT2D eigenvalue weighted by atomic mass is 19.3. The molecule has 1 saturated heterocycles. The Morgan fingerprint density at radius 1 is 1.07 bits per heavy atom. The first kappa shape index (κ1) is 20.3. The second-order valence-electron chi connectivity index (χ2n) is 7.76. The smallest absolute Gasteiger partial charge is 0.387 e. The molecule has 1 aliphatic carbocycles. The lowest BCUT2D eigenvalue weighted by atomic mass is 9.95. The molecule has 0 aromatic heterocycles. The van der Waals surface area contributed by atoms with Crippen molar-refractivity contribution >= 4 is 11.8 Å². The van der Waals surface area contributed by atoms with Crippen LogP contribution in [0.2, 0.25) is 0 Å². The zero-order chi connectivity index (χ0) is 21.1. The van der Waals surface area contributed by atoms with E-state index in [0.29, 0.717) is 19.4 Å². The lowest BCUT2D eigenvalue weighted by Gasteiger charge is -2.33. The SMILES string of the molecule is O=C(NC1CCc2ccccc21)C1CCCN(C(=O)c2ccccc2OC(F)F)C1. The molecule has 1 N–H and O–H groups in total. The van der Waals surface area contributed by atoms with Gasteiger partial charge < -0.3 is 15.0 Å². The summed E-state index contributed by atoms with van der Waals surface area (Å²) in [6.45, 7) is -2.26. The second kappa shape index (κ2) is 8.81. The van der Waals surface area contributed by atoms with Crippen molar-refractivity contribution in [3.8, 4) is 5.75 Å². The minimum absolute atomic E-state index is 0.0000501. The van der Waals surface area contributed by atoms with Gasteiger partial charge in [0.2, 0.25) is 5.91 Å². The number of alkyl halides is 2. The molecule has 2 unspecified atom stereocenters. The van der Waals surface area contributed by atoms with Gasteiger partial charge in [-0.1, -0.05) is 36.4 Å². The number of halogens is 2. The van der Waals surface area contributed by atoms with Crippen molar-refractivity contribution in [2.75, 3.05) is 13.1 Å². The predicted molar refractivity (Wildman–Crippen MR) is 107 cm³/mol. The Balaban J connectivity index is 1.42. The summed E-state index contributed by atoms with van der Waals surface area (Å²) in [5.74, 6) is -0.924. The molecule has 5 nitrogen and oxygen atoms in total. The fourth-order valence-electron chi connectivity index (χ4n) is 4.38. The van der Waals surface area contributed by atoms with Gasteiger partial charge in [-0.15, -0.1) is 0 Å². The minimum atomic E-state index is -3.01. The number of nitrogens with zero attached hydrogens (tertiary/aromatic N) is 1. The van der Waals surface area contributed by atoms with Crippen molar-refractivity contribution in [1.29, 1.82) is 0 Å². The summed E-state index contributed by atoms with van der Waals surface area (Å²) in [7, 11) is 0. The molecule has 158 valence electrons. The third-order valence-electron chi connectivity index (χ3n) is 5.86. The number of hydrogen-bond donors (Lipinski definition) is 1. The van der Waals surface area contributed by atoms with Crippen molar-refractivity contribution in [3.05, 3.63) is 65.2 Å². The highest BCUT2D eigenvalue weighted by Crippen LogP contribution is 2.31. The van der Waals surface area contributed by atoms with Gasteiger partial charge in [0.25, 0.3) is 5.91 Å². The van der Waals surface area contributed by atoms with Crippen molar-refractivity contribution < 1.29 is 23.1 Å². The van der Waals surface area contributed by atoms with E-state index >= 15 is 0 Å². The van der Waals surface area contributed by atoms with Gasteiger partial charge in [-0.2, -0.15) is 8.78 Å². The molecule has 2 atom stereocenters. The Hall–Kier alpha value is -2.96. The van der Waals surface area contributed by atoms with Gasteiger partial charge in [0, 0.05) is 13.1 Å². The van der Waals surface area contributed by atoms with Crippen LogP contribution in [-0.2, 0) is 11.2 Å². The van der Waals surface area contributed by atoms with Crippen molar-refractivity contribution in [2.45, 2.75) is 38.3 Å². The fraction of sp³-hybridized carbons (Fsp3) is 0.391. The first-order chi connectivity index (χ1) is 14.5. The van der Waals surface area contributed by atoms with Gasteiger partial charge in [0.1, 0.15) is 5.75 Å². The minimum Gasteiger partial charge on any atom is -0.434 e. The number of ether oxygens (including phenoxy) is 1. The molecule has 0 bridgehead atoms. The van der Waals surface area contributed by atoms with Gasteiger partial charge in [0.05, 0.1) is 17.5 Å². The molecule has 4 rings (SSSR count). The third-order valence-corrected chi connectivity index (χ3v) is 5.86. The van der Waals surface area contributed by atoms with E-state index in [4.69, 9.17) is 0 Å². The summed E-state index contributed by atoms with van der Waals surface area (Å²) in [4.78, 5) is 27.4. The van der Waals surface area contributed by atoms with Crippen LogP contribution in [0.15, 0.2) is 48.5 Å². The molecule has 2 aromatic rings. The zero-order valence-corrected chi connectivity index (χ0v) is 16.5. The summed E-state index contributed by atoms with van der Waals surface area (Å²) in [6, 6.07) is 14.1. The van der Waals surface area contributed by atoms with Gasteiger partial charge in [-0.25, -0.2) is 0 Å². The van der Waals surface area contributed by atoms with E-state index in [1.165, 1.54) is 17.7 Å². The number of aryl methyl sites for hydroxylation is 1. The molecular formula is C23H24F2N2O3. The Kier molecular flexibility index (Phi) is 5.97. The second-order valence-corrected chi connectivity index (χ2v) is 7.76. The number of amides is 2. The number of carbonyl (C=O) groups excluding carboxylic acids is 2. The van der Waals surface area contributed by atoms with Crippen molar-refractivity contribution in [2.24, 2.45) is 5.92 Å². The van der Waals surface area contributed by atoms with E-state index in [-0.39, 0.29) is 35.7 Å². The lowest BCUT2D eigenvalue weighted by molar-refractivity contribution is -0.127. The molecule has 0 saturated carbocycles. The number of nitrogens with one attached hydrogen (secondary N) is 1. The van der Waals surface area contributed by atoms with Gasteiger partial charge >= 0.3 is 6.61 Å². The largest absolute Gasteiger partial charge is 0.434 e. The summed E-state index contributed by atoms with van der Waals surface area (Å²) in [5, 5.41) is 3.14. The van der Waals surface area contributed by atoms with Crippen LogP contribution in [0.25, 0.3) is 0 Å². The van der Waals surface area contributed by atoms with Gasteiger partial charge in [-0.3, -0.25) is 9.59 Å². The Morgan fingerprint density at radius 2 is 1.83 bits per heavy atom. The summed E-state index contributed by atoms with van der Waals surface area (Å²) < 4.78 is 29.8.